The number of nitrogens with two attached hydrogens (primary N) is 1. The first-order valence-electron chi connectivity index (χ1n) is 6.49. The van der Waals surface area contributed by atoms with Crippen LogP contribution >= 0.6 is 0 Å². The first kappa shape index (κ1) is 13.5. The van der Waals surface area contributed by atoms with Gasteiger partial charge < -0.3 is 15.0 Å². The second-order valence-electron chi connectivity index (χ2n) is 6.13. The van der Waals surface area contributed by atoms with E-state index in [-0.39, 0.29) is 16.9 Å². The molecule has 1 heterocycles. The van der Waals surface area contributed by atoms with E-state index in [1.165, 1.54) is 0 Å². The van der Waals surface area contributed by atoms with E-state index < -0.39 is 0 Å². The highest BCUT2D eigenvalue weighted by molar-refractivity contribution is 5.25. The zero-order valence-corrected chi connectivity index (χ0v) is 11.9. The molecule has 1 saturated carbocycles. The fraction of sp³-hybridized carbons (Fsp3) is 0.846. The van der Waals surface area contributed by atoms with Crippen molar-refractivity contribution in [1.82, 2.24) is 10.1 Å². The normalized spacial score (nSPS) is 23.0. The molecule has 1 aromatic heterocycles. The van der Waals surface area contributed by atoms with Crippen molar-refractivity contribution in [3.63, 3.8) is 0 Å². The maximum Gasteiger partial charge on any atom is 0.230 e. The molecular weight excluding hydrogens is 230 g/mol. The van der Waals surface area contributed by atoms with Crippen molar-refractivity contribution in [2.45, 2.75) is 46.6 Å². The van der Waals surface area contributed by atoms with E-state index in [1.54, 1.807) is 0 Å². The number of nitrogens with zero attached hydrogens (tertiary/aromatic N) is 2. The summed E-state index contributed by atoms with van der Waals surface area (Å²) in [6, 6.07) is -0.313. The first-order valence-corrected chi connectivity index (χ1v) is 6.49. The van der Waals surface area contributed by atoms with Crippen molar-refractivity contribution in [3.8, 4) is 0 Å². The maximum atomic E-state index is 5.94. The van der Waals surface area contributed by atoms with Gasteiger partial charge in [-0.2, -0.15) is 4.98 Å². The summed E-state index contributed by atoms with van der Waals surface area (Å²) in [6.07, 6.45) is 0. The predicted octanol–water partition coefficient (Wildman–Crippen LogP) is 2.26. The zero-order valence-electron chi connectivity index (χ0n) is 11.9. The van der Waals surface area contributed by atoms with Gasteiger partial charge in [0.15, 0.2) is 5.82 Å². The van der Waals surface area contributed by atoms with Crippen LogP contribution in [0.3, 0.4) is 0 Å². The van der Waals surface area contributed by atoms with Gasteiger partial charge >= 0.3 is 0 Å². The number of aromatic nitrogens is 2. The molecule has 2 rings (SSSR count). The third kappa shape index (κ3) is 1.95. The van der Waals surface area contributed by atoms with Crippen LogP contribution in [0, 0.1) is 10.8 Å². The molecule has 1 atom stereocenters. The lowest BCUT2D eigenvalue weighted by atomic mass is 10.0. The Morgan fingerprint density at radius 1 is 1.33 bits per heavy atom. The van der Waals surface area contributed by atoms with E-state index >= 15 is 0 Å². The van der Waals surface area contributed by atoms with Crippen LogP contribution in [-0.2, 0) is 4.74 Å². The van der Waals surface area contributed by atoms with E-state index in [2.05, 4.69) is 37.8 Å². The summed E-state index contributed by atoms with van der Waals surface area (Å²) in [5.41, 5.74) is 6.33. The maximum absolute atomic E-state index is 5.94. The summed E-state index contributed by atoms with van der Waals surface area (Å²) in [6.45, 7) is 11.9. The van der Waals surface area contributed by atoms with Crippen LogP contribution in [-0.4, -0.2) is 23.4 Å². The van der Waals surface area contributed by atoms with Crippen molar-refractivity contribution >= 4 is 0 Å². The van der Waals surface area contributed by atoms with Crippen molar-refractivity contribution < 1.29 is 9.26 Å². The average Bonchev–Trinajstić information content (AvgIpc) is 2.69. The summed E-state index contributed by atoms with van der Waals surface area (Å²) >= 11 is 0. The number of hydrogen-bond acceptors (Lipinski definition) is 5. The second kappa shape index (κ2) is 4.31. The van der Waals surface area contributed by atoms with Gasteiger partial charge in [0.25, 0.3) is 0 Å². The molecule has 5 nitrogen and oxygen atoms in total. The van der Waals surface area contributed by atoms with Crippen molar-refractivity contribution in [2.24, 2.45) is 16.6 Å². The highest BCUT2D eigenvalue weighted by Crippen LogP contribution is 2.73. The standard InChI is InChI=1S/C13H23N3O2/c1-6-17-7-8(14)10-15-11(18-16-10)9-12(2,3)13(9,4)5/h8-9H,6-7,14H2,1-5H3. The van der Waals surface area contributed by atoms with Crippen molar-refractivity contribution in [2.75, 3.05) is 13.2 Å². The summed E-state index contributed by atoms with van der Waals surface area (Å²) in [7, 11) is 0. The highest BCUT2D eigenvalue weighted by Gasteiger charge is 2.67. The molecule has 0 bridgehead atoms. The Morgan fingerprint density at radius 2 is 1.94 bits per heavy atom. The second-order valence-corrected chi connectivity index (χ2v) is 6.13. The van der Waals surface area contributed by atoms with Crippen LogP contribution < -0.4 is 5.73 Å². The molecule has 0 amide bonds. The van der Waals surface area contributed by atoms with Gasteiger partial charge in [-0.3, -0.25) is 0 Å². The molecule has 1 aliphatic rings. The Balaban J connectivity index is 2.08. The Labute approximate surface area is 108 Å². The minimum atomic E-state index is -0.313. The summed E-state index contributed by atoms with van der Waals surface area (Å²) in [5, 5.41) is 3.97. The molecule has 0 aromatic carbocycles. The first-order chi connectivity index (χ1) is 8.32. The third-order valence-electron chi connectivity index (χ3n) is 4.56. The monoisotopic (exact) mass is 253 g/mol. The Hall–Kier alpha value is -0.940. The Kier molecular flexibility index (Phi) is 3.23. The fourth-order valence-corrected chi connectivity index (χ4v) is 2.65. The fourth-order valence-electron chi connectivity index (χ4n) is 2.65. The highest BCUT2D eigenvalue weighted by atomic mass is 16.5. The van der Waals surface area contributed by atoms with Crippen molar-refractivity contribution in [1.29, 1.82) is 0 Å². The molecule has 102 valence electrons. The van der Waals surface area contributed by atoms with Gasteiger partial charge in [-0.05, 0) is 17.8 Å². The molecule has 18 heavy (non-hydrogen) atoms. The van der Waals surface area contributed by atoms with E-state index in [0.717, 1.165) is 0 Å². The van der Waals surface area contributed by atoms with Crippen LogP contribution in [0.5, 0.6) is 0 Å². The number of rotatable bonds is 5. The summed E-state index contributed by atoms with van der Waals surface area (Å²) in [5.74, 6) is 1.55. The molecule has 0 spiro atoms. The van der Waals surface area contributed by atoms with Gasteiger partial charge in [0.1, 0.15) is 0 Å². The quantitative estimate of drug-likeness (QED) is 0.871. The van der Waals surface area contributed by atoms with Crippen LogP contribution in [0.25, 0.3) is 0 Å². The number of ether oxygens (including phenoxy) is 1. The minimum Gasteiger partial charge on any atom is -0.380 e. The van der Waals surface area contributed by atoms with Gasteiger partial charge in [0.2, 0.25) is 5.89 Å². The molecule has 5 heteroatoms. The Bertz CT molecular complexity index is 412. The molecule has 1 aliphatic carbocycles. The Morgan fingerprint density at radius 3 is 2.44 bits per heavy atom. The molecule has 2 N–H and O–H groups in total. The van der Waals surface area contributed by atoms with Crippen LogP contribution in [0.2, 0.25) is 0 Å². The van der Waals surface area contributed by atoms with E-state index in [1.807, 2.05) is 6.92 Å². The molecule has 1 aromatic rings. The largest absolute Gasteiger partial charge is 0.380 e. The third-order valence-corrected chi connectivity index (χ3v) is 4.56. The molecule has 1 unspecified atom stereocenters. The molecule has 1 fully saturated rings. The minimum absolute atomic E-state index is 0.195. The average molecular weight is 253 g/mol. The van der Waals surface area contributed by atoms with Gasteiger partial charge in [0.05, 0.1) is 12.6 Å². The van der Waals surface area contributed by atoms with Gasteiger partial charge in [-0.1, -0.05) is 32.9 Å². The van der Waals surface area contributed by atoms with Gasteiger partial charge in [-0.25, -0.2) is 0 Å². The van der Waals surface area contributed by atoms with Gasteiger partial charge in [-0.15, -0.1) is 0 Å². The SMILES string of the molecule is CCOCC(N)c1noc(C2C(C)(C)C2(C)C)n1. The molecule has 0 aliphatic heterocycles. The lowest BCUT2D eigenvalue weighted by Crippen LogP contribution is -2.18. The topological polar surface area (TPSA) is 74.2 Å². The molecule has 0 radical (unpaired) electrons. The summed E-state index contributed by atoms with van der Waals surface area (Å²) in [4.78, 5) is 4.43. The van der Waals surface area contributed by atoms with Gasteiger partial charge in [0, 0.05) is 12.5 Å². The number of hydrogen-bond donors (Lipinski definition) is 1. The predicted molar refractivity (Wildman–Crippen MR) is 68.0 cm³/mol. The van der Waals surface area contributed by atoms with Crippen LogP contribution in [0.4, 0.5) is 0 Å². The van der Waals surface area contributed by atoms with Crippen LogP contribution in [0.1, 0.15) is 58.3 Å². The molecule has 0 saturated heterocycles. The lowest BCUT2D eigenvalue weighted by Gasteiger charge is -2.05. The zero-order chi connectivity index (χ0) is 13.6. The van der Waals surface area contributed by atoms with Crippen molar-refractivity contribution in [3.05, 3.63) is 11.7 Å². The van der Waals surface area contributed by atoms with E-state index in [0.29, 0.717) is 30.8 Å². The van der Waals surface area contributed by atoms with Crippen LogP contribution in [0.15, 0.2) is 4.52 Å². The summed E-state index contributed by atoms with van der Waals surface area (Å²) < 4.78 is 10.6. The molecular formula is C13H23N3O2. The van der Waals surface area contributed by atoms with E-state index in [4.69, 9.17) is 15.0 Å². The lowest BCUT2D eigenvalue weighted by molar-refractivity contribution is 0.130. The smallest absolute Gasteiger partial charge is 0.230 e. The van der Waals surface area contributed by atoms with E-state index in [9.17, 15) is 0 Å².